The summed E-state index contributed by atoms with van der Waals surface area (Å²) in [6.07, 6.45) is 0. The number of hydrogen-bond acceptors (Lipinski definition) is 3. The van der Waals surface area contributed by atoms with Crippen LogP contribution in [-0.4, -0.2) is 18.4 Å². The molecule has 0 saturated carbocycles. The molecular weight excluding hydrogens is 364 g/mol. The number of aryl methyl sites for hydroxylation is 1. The van der Waals surface area contributed by atoms with Crippen LogP contribution in [-0.2, 0) is 6.61 Å². The minimum atomic E-state index is -0.225. The summed E-state index contributed by atoms with van der Waals surface area (Å²) in [6, 6.07) is 22.1. The van der Waals surface area contributed by atoms with Gasteiger partial charge in [-0.2, -0.15) is 0 Å². The molecule has 0 aliphatic heterocycles. The number of anilines is 1. The number of hydrogen-bond donors (Lipinski definition) is 2. The van der Waals surface area contributed by atoms with Gasteiger partial charge in [0.1, 0.15) is 12.4 Å². The van der Waals surface area contributed by atoms with Gasteiger partial charge in [0, 0.05) is 23.4 Å². The summed E-state index contributed by atoms with van der Waals surface area (Å²) in [7, 11) is 0. The summed E-state index contributed by atoms with van der Waals surface area (Å²) in [6.45, 7) is 4.73. The summed E-state index contributed by atoms with van der Waals surface area (Å²) < 4.78 is 5.72. The summed E-state index contributed by atoms with van der Waals surface area (Å²) in [5.41, 5.74) is 3.53. The van der Waals surface area contributed by atoms with Gasteiger partial charge in [0.25, 0.3) is 11.8 Å². The normalized spacial score (nSPS) is 10.3. The lowest BCUT2D eigenvalue weighted by molar-refractivity contribution is 0.0954. The maximum absolute atomic E-state index is 12.6. The van der Waals surface area contributed by atoms with Gasteiger partial charge in [0.2, 0.25) is 0 Å². The molecule has 0 atom stereocenters. The number of carbonyl (C=O) groups excluding carboxylic acids is 2. The zero-order chi connectivity index (χ0) is 20.6. The molecule has 29 heavy (non-hydrogen) atoms. The molecule has 0 aliphatic rings. The van der Waals surface area contributed by atoms with E-state index in [2.05, 4.69) is 10.6 Å². The van der Waals surface area contributed by atoms with Crippen molar-refractivity contribution in [2.24, 2.45) is 0 Å². The highest BCUT2D eigenvalue weighted by Crippen LogP contribution is 2.19. The zero-order valence-electron chi connectivity index (χ0n) is 16.6. The standard InChI is InChI=1S/C24H24N2O3/c1-3-25-23(27)20-12-9-17(2)22(15-20)26-24(28)19-13-10-18(11-14-19)16-29-21-7-5-4-6-8-21/h4-15H,3,16H2,1-2H3,(H,25,27)(H,26,28). The van der Waals surface area contributed by atoms with Crippen LogP contribution in [0.4, 0.5) is 5.69 Å². The molecule has 3 aromatic rings. The van der Waals surface area contributed by atoms with Crippen LogP contribution in [0.2, 0.25) is 0 Å². The van der Waals surface area contributed by atoms with E-state index in [0.717, 1.165) is 16.9 Å². The topological polar surface area (TPSA) is 67.4 Å². The SMILES string of the molecule is CCNC(=O)c1ccc(C)c(NC(=O)c2ccc(COc3ccccc3)cc2)c1. The van der Waals surface area contributed by atoms with Gasteiger partial charge in [-0.1, -0.05) is 36.4 Å². The van der Waals surface area contributed by atoms with Crippen LogP contribution >= 0.6 is 0 Å². The average molecular weight is 388 g/mol. The fourth-order valence-corrected chi connectivity index (χ4v) is 2.79. The van der Waals surface area contributed by atoms with Gasteiger partial charge in [-0.15, -0.1) is 0 Å². The van der Waals surface area contributed by atoms with E-state index in [4.69, 9.17) is 4.74 Å². The Morgan fingerprint density at radius 1 is 0.862 bits per heavy atom. The molecular formula is C24H24N2O3. The minimum absolute atomic E-state index is 0.161. The minimum Gasteiger partial charge on any atom is -0.489 e. The van der Waals surface area contributed by atoms with Crippen molar-refractivity contribution >= 4 is 17.5 Å². The monoisotopic (exact) mass is 388 g/mol. The average Bonchev–Trinajstić information content (AvgIpc) is 2.75. The molecule has 5 heteroatoms. The maximum atomic E-state index is 12.6. The second kappa shape index (κ2) is 9.55. The fraction of sp³-hybridized carbons (Fsp3) is 0.167. The number of amides is 2. The van der Waals surface area contributed by atoms with Crippen molar-refractivity contribution in [3.63, 3.8) is 0 Å². The number of nitrogens with one attached hydrogen (secondary N) is 2. The first-order valence-corrected chi connectivity index (χ1v) is 9.54. The quantitative estimate of drug-likeness (QED) is 0.623. The molecule has 148 valence electrons. The highest BCUT2D eigenvalue weighted by molar-refractivity contribution is 6.05. The Balaban J connectivity index is 1.65. The van der Waals surface area contributed by atoms with E-state index in [1.165, 1.54) is 0 Å². The Morgan fingerprint density at radius 2 is 1.55 bits per heavy atom. The summed E-state index contributed by atoms with van der Waals surface area (Å²) >= 11 is 0. The van der Waals surface area contributed by atoms with Gasteiger partial charge in [-0.3, -0.25) is 9.59 Å². The van der Waals surface area contributed by atoms with Crippen molar-refractivity contribution < 1.29 is 14.3 Å². The Morgan fingerprint density at radius 3 is 2.24 bits per heavy atom. The summed E-state index contributed by atoms with van der Waals surface area (Å²) in [4.78, 5) is 24.7. The highest BCUT2D eigenvalue weighted by atomic mass is 16.5. The third kappa shape index (κ3) is 5.45. The van der Waals surface area contributed by atoms with Crippen molar-refractivity contribution in [2.75, 3.05) is 11.9 Å². The van der Waals surface area contributed by atoms with Crippen LogP contribution in [0, 0.1) is 6.92 Å². The lowest BCUT2D eigenvalue weighted by Gasteiger charge is -2.11. The highest BCUT2D eigenvalue weighted by Gasteiger charge is 2.11. The van der Waals surface area contributed by atoms with E-state index in [0.29, 0.717) is 30.0 Å². The lowest BCUT2D eigenvalue weighted by Crippen LogP contribution is -2.23. The van der Waals surface area contributed by atoms with E-state index >= 15 is 0 Å². The number of rotatable bonds is 7. The van der Waals surface area contributed by atoms with Crippen LogP contribution < -0.4 is 15.4 Å². The third-order valence-corrected chi connectivity index (χ3v) is 4.45. The van der Waals surface area contributed by atoms with Gasteiger partial charge in [-0.25, -0.2) is 0 Å². The second-order valence-electron chi connectivity index (χ2n) is 6.64. The van der Waals surface area contributed by atoms with E-state index in [1.807, 2.05) is 62.4 Å². The van der Waals surface area contributed by atoms with Gasteiger partial charge in [0.05, 0.1) is 0 Å². The molecule has 0 spiro atoms. The molecule has 0 aliphatic carbocycles. The lowest BCUT2D eigenvalue weighted by atomic mass is 10.1. The van der Waals surface area contributed by atoms with Crippen molar-refractivity contribution in [3.05, 3.63) is 95.1 Å². The number of carbonyl (C=O) groups is 2. The number of para-hydroxylation sites is 1. The van der Waals surface area contributed by atoms with E-state index in [-0.39, 0.29) is 11.8 Å². The van der Waals surface area contributed by atoms with E-state index < -0.39 is 0 Å². The molecule has 0 bridgehead atoms. The molecule has 2 amide bonds. The second-order valence-corrected chi connectivity index (χ2v) is 6.64. The van der Waals surface area contributed by atoms with Gasteiger partial charge < -0.3 is 15.4 Å². The number of ether oxygens (including phenoxy) is 1. The molecule has 0 unspecified atom stereocenters. The van der Waals surface area contributed by atoms with Gasteiger partial charge in [-0.05, 0) is 61.4 Å². The Kier molecular flexibility index (Phi) is 6.63. The largest absolute Gasteiger partial charge is 0.489 e. The zero-order valence-corrected chi connectivity index (χ0v) is 16.6. The molecule has 3 aromatic carbocycles. The summed E-state index contributed by atoms with van der Waals surface area (Å²) in [5.74, 6) is 0.416. The first-order valence-electron chi connectivity index (χ1n) is 9.54. The molecule has 0 heterocycles. The van der Waals surface area contributed by atoms with Crippen molar-refractivity contribution in [1.82, 2.24) is 5.32 Å². The molecule has 3 rings (SSSR count). The summed E-state index contributed by atoms with van der Waals surface area (Å²) in [5, 5.41) is 5.65. The van der Waals surface area contributed by atoms with Crippen LogP contribution in [0.3, 0.4) is 0 Å². The molecule has 0 fully saturated rings. The number of benzene rings is 3. The van der Waals surface area contributed by atoms with E-state index in [9.17, 15) is 9.59 Å². The molecule has 2 N–H and O–H groups in total. The van der Waals surface area contributed by atoms with E-state index in [1.54, 1.807) is 24.3 Å². The van der Waals surface area contributed by atoms with Crippen LogP contribution in [0.5, 0.6) is 5.75 Å². The first kappa shape index (κ1) is 20.1. The Hall–Kier alpha value is -3.60. The van der Waals surface area contributed by atoms with Crippen LogP contribution in [0.15, 0.2) is 72.8 Å². The smallest absolute Gasteiger partial charge is 0.255 e. The predicted octanol–water partition coefficient (Wildman–Crippen LogP) is 4.58. The molecule has 0 aromatic heterocycles. The molecule has 0 saturated heterocycles. The maximum Gasteiger partial charge on any atom is 0.255 e. The van der Waals surface area contributed by atoms with Gasteiger partial charge >= 0.3 is 0 Å². The molecule has 0 radical (unpaired) electrons. The Labute approximate surface area is 170 Å². The van der Waals surface area contributed by atoms with Crippen LogP contribution in [0.1, 0.15) is 38.8 Å². The van der Waals surface area contributed by atoms with Gasteiger partial charge in [0.15, 0.2) is 0 Å². The fourth-order valence-electron chi connectivity index (χ4n) is 2.79. The molecule has 5 nitrogen and oxygen atoms in total. The third-order valence-electron chi connectivity index (χ3n) is 4.45. The predicted molar refractivity (Wildman–Crippen MR) is 114 cm³/mol. The van der Waals surface area contributed by atoms with Crippen molar-refractivity contribution in [3.8, 4) is 5.75 Å². The van der Waals surface area contributed by atoms with Crippen molar-refractivity contribution in [2.45, 2.75) is 20.5 Å². The first-order chi connectivity index (χ1) is 14.1. The van der Waals surface area contributed by atoms with Crippen molar-refractivity contribution in [1.29, 1.82) is 0 Å². The Bertz CT molecular complexity index is 983. The van der Waals surface area contributed by atoms with Crippen LogP contribution in [0.25, 0.3) is 0 Å².